The molecule has 0 unspecified atom stereocenters. The van der Waals surface area contributed by atoms with E-state index in [0.29, 0.717) is 12.0 Å². The Morgan fingerprint density at radius 2 is 1.43 bits per heavy atom. The van der Waals surface area contributed by atoms with Crippen molar-refractivity contribution in [3.8, 4) is 0 Å². The lowest BCUT2D eigenvalue weighted by Gasteiger charge is -2.24. The van der Waals surface area contributed by atoms with Crippen molar-refractivity contribution in [2.45, 2.75) is 70.4 Å². The second-order valence-electron chi connectivity index (χ2n) is 7.17. The first kappa shape index (κ1) is 26.2. The largest absolute Gasteiger partial charge is 0.500 e. The van der Waals surface area contributed by atoms with Crippen molar-refractivity contribution in [2.24, 2.45) is 0 Å². The highest BCUT2D eigenvalue weighted by Crippen LogP contribution is 2.20. The zero-order valence-corrected chi connectivity index (χ0v) is 19.4. The minimum Gasteiger partial charge on any atom is -0.461 e. The van der Waals surface area contributed by atoms with Gasteiger partial charge >= 0.3 is 14.8 Å². The minimum absolute atomic E-state index is 0.0232. The van der Waals surface area contributed by atoms with Crippen molar-refractivity contribution in [2.75, 3.05) is 21.3 Å². The molecule has 0 aliphatic heterocycles. The van der Waals surface area contributed by atoms with Gasteiger partial charge in [0.15, 0.2) is 0 Å². The number of rotatable bonds is 17. The Hall–Kier alpha value is -1.81. The second-order valence-corrected chi connectivity index (χ2v) is 10.3. The molecule has 0 amide bonds. The number of esters is 1. The molecular formula is C21H35NO7Si. The molecule has 0 bridgehead atoms. The van der Waals surface area contributed by atoms with E-state index in [1.54, 1.807) is 39.5 Å². The van der Waals surface area contributed by atoms with Crippen molar-refractivity contribution in [3.63, 3.8) is 0 Å². The first-order valence-electron chi connectivity index (χ1n) is 10.5. The van der Waals surface area contributed by atoms with E-state index in [1.165, 1.54) is 18.9 Å². The molecule has 9 heteroatoms. The van der Waals surface area contributed by atoms with Gasteiger partial charge in [-0.1, -0.05) is 50.7 Å². The molecule has 0 atom stereocenters. The van der Waals surface area contributed by atoms with E-state index in [1.807, 2.05) is 0 Å². The fourth-order valence-corrected chi connectivity index (χ4v) is 5.06. The molecule has 0 N–H and O–H groups in total. The third kappa shape index (κ3) is 9.79. The van der Waals surface area contributed by atoms with Gasteiger partial charge in [0.1, 0.15) is 6.61 Å². The lowest BCUT2D eigenvalue weighted by Crippen LogP contribution is -2.42. The molecule has 0 radical (unpaired) electrons. The number of nitro benzene ring substituents is 1. The van der Waals surface area contributed by atoms with E-state index < -0.39 is 13.7 Å². The van der Waals surface area contributed by atoms with Crippen molar-refractivity contribution in [3.05, 3.63) is 39.9 Å². The Bertz CT molecular complexity index is 629. The number of unbranched alkanes of at least 4 members (excludes halogenated alkanes) is 7. The highest BCUT2D eigenvalue weighted by atomic mass is 28.4. The van der Waals surface area contributed by atoms with Crippen LogP contribution in [0.4, 0.5) is 5.69 Å². The number of nitro groups is 1. The van der Waals surface area contributed by atoms with Crippen LogP contribution >= 0.6 is 0 Å². The van der Waals surface area contributed by atoms with Gasteiger partial charge in [0.05, 0.1) is 10.5 Å². The molecule has 30 heavy (non-hydrogen) atoms. The summed E-state index contributed by atoms with van der Waals surface area (Å²) in [6.07, 6.45) is 8.83. The Morgan fingerprint density at radius 1 is 0.900 bits per heavy atom. The van der Waals surface area contributed by atoms with Crippen LogP contribution in [0.15, 0.2) is 24.3 Å². The Kier molecular flexibility index (Phi) is 13.2. The lowest BCUT2D eigenvalue weighted by molar-refractivity contribution is -0.385. The van der Waals surface area contributed by atoms with Gasteiger partial charge in [0.2, 0.25) is 0 Å². The van der Waals surface area contributed by atoms with Crippen LogP contribution in [0.3, 0.4) is 0 Å². The van der Waals surface area contributed by atoms with Crippen LogP contribution in [0.1, 0.15) is 63.4 Å². The highest BCUT2D eigenvalue weighted by Gasteiger charge is 2.36. The predicted octanol–water partition coefficient (Wildman–Crippen LogP) is 5.03. The fraction of sp³-hybridized carbons (Fsp3) is 0.667. The summed E-state index contributed by atoms with van der Waals surface area (Å²) >= 11 is 0. The molecule has 0 saturated carbocycles. The molecule has 0 aromatic heterocycles. The lowest BCUT2D eigenvalue weighted by atomic mass is 10.1. The molecular weight excluding hydrogens is 406 g/mol. The monoisotopic (exact) mass is 441 g/mol. The SMILES string of the molecule is CO[Si](CCCCCCCCCCC(=O)OCc1ccccc1[N+](=O)[O-])(OC)OC. The van der Waals surface area contributed by atoms with Crippen molar-refractivity contribution in [1.29, 1.82) is 0 Å². The molecule has 1 aromatic rings. The fourth-order valence-electron chi connectivity index (χ4n) is 3.27. The zero-order valence-electron chi connectivity index (χ0n) is 18.4. The average Bonchev–Trinajstić information content (AvgIpc) is 2.76. The summed E-state index contributed by atoms with van der Waals surface area (Å²) in [4.78, 5) is 22.3. The Balaban J connectivity index is 2.04. The third-order valence-corrected chi connectivity index (χ3v) is 7.96. The zero-order chi connectivity index (χ0) is 22.2. The molecule has 0 aliphatic carbocycles. The van der Waals surface area contributed by atoms with Gasteiger partial charge in [0.25, 0.3) is 5.69 Å². The van der Waals surface area contributed by atoms with Gasteiger partial charge in [-0.3, -0.25) is 14.9 Å². The van der Waals surface area contributed by atoms with E-state index in [9.17, 15) is 14.9 Å². The van der Waals surface area contributed by atoms with Crippen LogP contribution in [0.5, 0.6) is 0 Å². The van der Waals surface area contributed by atoms with Gasteiger partial charge in [-0.2, -0.15) is 0 Å². The summed E-state index contributed by atoms with van der Waals surface area (Å²) in [6.45, 7) is -0.0602. The molecule has 1 rings (SSSR count). The molecule has 0 saturated heterocycles. The standard InChI is InChI=1S/C21H35NO7Si/c1-26-30(27-2,28-3)17-13-9-7-5-4-6-8-10-16-21(23)29-18-19-14-11-12-15-20(19)22(24)25/h11-12,14-15H,4-10,13,16-18H2,1-3H3. The number of benzene rings is 1. The minimum atomic E-state index is -2.43. The van der Waals surface area contributed by atoms with Crippen LogP contribution in [-0.4, -0.2) is 41.0 Å². The van der Waals surface area contributed by atoms with Crippen molar-refractivity contribution >= 4 is 20.5 Å². The van der Waals surface area contributed by atoms with Crippen LogP contribution in [-0.2, 0) is 29.4 Å². The molecule has 1 aromatic carbocycles. The number of carbonyl (C=O) groups excluding carboxylic acids is 1. The molecule has 0 heterocycles. The summed E-state index contributed by atoms with van der Waals surface area (Å²) in [5.41, 5.74) is 0.391. The number of para-hydroxylation sites is 1. The molecule has 0 aliphatic rings. The number of hydrogen-bond donors (Lipinski definition) is 0. The summed E-state index contributed by atoms with van der Waals surface area (Å²) in [5.74, 6) is -0.310. The maximum absolute atomic E-state index is 11.8. The topological polar surface area (TPSA) is 97.1 Å². The van der Waals surface area contributed by atoms with Gasteiger partial charge < -0.3 is 18.0 Å². The molecule has 0 spiro atoms. The van der Waals surface area contributed by atoms with Gasteiger partial charge in [-0.25, -0.2) is 0 Å². The van der Waals surface area contributed by atoms with Crippen LogP contribution in [0, 0.1) is 10.1 Å². The van der Waals surface area contributed by atoms with E-state index >= 15 is 0 Å². The van der Waals surface area contributed by atoms with Gasteiger partial charge in [-0.15, -0.1) is 0 Å². The number of carbonyl (C=O) groups is 1. The maximum atomic E-state index is 11.8. The summed E-state index contributed by atoms with van der Waals surface area (Å²) in [5, 5.41) is 11.0. The molecule has 0 fully saturated rings. The maximum Gasteiger partial charge on any atom is 0.500 e. The summed E-state index contributed by atoms with van der Waals surface area (Å²) < 4.78 is 21.4. The smallest absolute Gasteiger partial charge is 0.461 e. The molecule has 170 valence electrons. The Morgan fingerprint density at radius 3 is 2.00 bits per heavy atom. The Labute approximate surface area is 180 Å². The predicted molar refractivity (Wildman–Crippen MR) is 116 cm³/mol. The highest BCUT2D eigenvalue weighted by molar-refractivity contribution is 6.60. The van der Waals surface area contributed by atoms with Crippen LogP contribution in [0.25, 0.3) is 0 Å². The van der Waals surface area contributed by atoms with E-state index in [-0.39, 0.29) is 18.3 Å². The van der Waals surface area contributed by atoms with E-state index in [4.69, 9.17) is 18.0 Å². The summed E-state index contributed by atoms with van der Waals surface area (Å²) in [7, 11) is 2.49. The normalized spacial score (nSPS) is 11.4. The first-order valence-corrected chi connectivity index (χ1v) is 12.4. The van der Waals surface area contributed by atoms with E-state index in [2.05, 4.69) is 0 Å². The van der Waals surface area contributed by atoms with Gasteiger partial charge in [0, 0.05) is 39.9 Å². The van der Waals surface area contributed by atoms with Crippen LogP contribution in [0.2, 0.25) is 6.04 Å². The molecule has 8 nitrogen and oxygen atoms in total. The number of hydrogen-bond acceptors (Lipinski definition) is 7. The number of ether oxygens (including phenoxy) is 1. The van der Waals surface area contributed by atoms with Gasteiger partial charge in [-0.05, 0) is 18.9 Å². The van der Waals surface area contributed by atoms with Crippen LogP contribution < -0.4 is 0 Å². The van der Waals surface area contributed by atoms with Crippen molar-refractivity contribution < 1.29 is 27.7 Å². The first-order chi connectivity index (χ1) is 14.5. The summed E-state index contributed by atoms with van der Waals surface area (Å²) in [6, 6.07) is 7.14. The average molecular weight is 442 g/mol. The third-order valence-electron chi connectivity index (χ3n) is 5.12. The van der Waals surface area contributed by atoms with Crippen molar-refractivity contribution in [1.82, 2.24) is 0 Å². The second kappa shape index (κ2) is 15.1. The number of nitrogens with zero attached hydrogens (tertiary/aromatic N) is 1. The van der Waals surface area contributed by atoms with E-state index in [0.717, 1.165) is 44.6 Å². The quantitative estimate of drug-likeness (QED) is 0.110.